The van der Waals surface area contributed by atoms with Crippen LogP contribution in [0.1, 0.15) is 285 Å². The van der Waals surface area contributed by atoms with Crippen LogP contribution < -0.4 is 0 Å². The third-order valence-electron chi connectivity index (χ3n) is 26.2. The van der Waals surface area contributed by atoms with Crippen LogP contribution in [0.15, 0.2) is 347 Å². The van der Waals surface area contributed by atoms with Gasteiger partial charge >= 0.3 is 23.9 Å². The molecular formula is C121H140NO10S3+3. The van der Waals surface area contributed by atoms with Crippen molar-refractivity contribution in [2.24, 2.45) is 35.5 Å². The van der Waals surface area contributed by atoms with Gasteiger partial charge < -0.3 is 18.9 Å². The normalized spacial score (nSPS) is 19.4. The molecule has 12 aromatic carbocycles. The van der Waals surface area contributed by atoms with Crippen molar-refractivity contribution < 1.29 is 43.0 Å². The molecule has 0 heterocycles. The lowest BCUT2D eigenvalue weighted by atomic mass is 9.54. The van der Waals surface area contributed by atoms with Gasteiger partial charge in [-0.1, -0.05) is 220 Å². The van der Waals surface area contributed by atoms with Gasteiger partial charge in [-0.05, 0) is 384 Å². The van der Waals surface area contributed by atoms with Crippen LogP contribution in [0.25, 0.3) is 0 Å². The number of carbonyl (C=O) groups excluding carboxylic acids is 4. The van der Waals surface area contributed by atoms with Gasteiger partial charge in [-0.15, -0.1) is 0 Å². The van der Waals surface area contributed by atoms with Crippen LogP contribution in [0.5, 0.6) is 0 Å². The second kappa shape index (κ2) is 44.8. The van der Waals surface area contributed by atoms with Crippen LogP contribution in [-0.2, 0) is 57.0 Å². The molecule has 12 aromatic rings. The fourth-order valence-corrected chi connectivity index (χ4v) is 27.5. The first-order chi connectivity index (χ1) is 64.2. The molecule has 0 saturated heterocycles. The molecule has 0 aliphatic heterocycles. The van der Waals surface area contributed by atoms with Gasteiger partial charge in [-0.25, -0.2) is 19.2 Å². The molecule has 0 atom stereocenters. The van der Waals surface area contributed by atoms with Gasteiger partial charge in [0.15, 0.2) is 44.1 Å². The van der Waals surface area contributed by atoms with Crippen LogP contribution in [-0.4, -0.2) is 51.2 Å². The monoisotopic (exact) mass is 1860 g/mol. The van der Waals surface area contributed by atoms with Gasteiger partial charge in [-0.3, -0.25) is 10.1 Å². The topological polar surface area (TPSA) is 148 Å². The van der Waals surface area contributed by atoms with Crippen molar-refractivity contribution >= 4 is 62.2 Å². The Labute approximate surface area is 813 Å². The highest BCUT2D eigenvalue weighted by atomic mass is 32.2. The van der Waals surface area contributed by atoms with Crippen molar-refractivity contribution in [1.29, 1.82) is 0 Å². The van der Waals surface area contributed by atoms with Gasteiger partial charge in [0, 0.05) is 11.1 Å². The third-order valence-corrected chi connectivity index (χ3v) is 32.9. The summed E-state index contributed by atoms with van der Waals surface area (Å²) in [4.78, 5) is 74.3. The van der Waals surface area contributed by atoms with E-state index < -0.39 is 23.1 Å². The predicted octanol–water partition coefficient (Wildman–Crippen LogP) is 31.4. The highest BCUT2D eigenvalue weighted by Gasteiger charge is 2.55. The van der Waals surface area contributed by atoms with E-state index in [1.54, 1.807) is 59.7 Å². The molecule has 0 amide bonds. The number of ether oxygens (including phenoxy) is 4. The summed E-state index contributed by atoms with van der Waals surface area (Å²) >= 11 is 0. The molecule has 8 aliphatic carbocycles. The smallest absolute Gasteiger partial charge is 0.338 e. The molecule has 0 spiro atoms. The summed E-state index contributed by atoms with van der Waals surface area (Å²) in [6, 6.07) is 106. The molecule has 11 nitrogen and oxygen atoms in total. The Hall–Kier alpha value is -11.0. The maximum atomic E-state index is 13.3. The SMILES string of the molecule is CC(C)(C)c1ccc([S+](c2ccccc2)c2ccccc2)cc1.Cc1c(C(C)C)cc(C(C)C)c([N+](=O)[O-])c1C(C)C.Cc1cc(C(=O)OC(C)(C)C)cc(C(=O)OC(C)(C)C)c1.Cc1cc(C(=O)OC23CC4CC(CC(C4)C2)C3)cc(C(=O)OC23CC4CC(CC(C4)C2)C3)c1.Cc1ccc([S+](c2ccccc2)c2ccccc2)cc1.c1ccc([S+](c2ccccc2)c2ccccc2)cc1. The molecule has 14 heteroatoms. The van der Waals surface area contributed by atoms with Crippen molar-refractivity contribution in [3.63, 3.8) is 0 Å². The summed E-state index contributed by atoms with van der Waals surface area (Å²) in [6.07, 6.45) is 14.1. The first-order valence-electron chi connectivity index (χ1n) is 48.5. The Morgan fingerprint density at radius 1 is 0.319 bits per heavy atom. The Morgan fingerprint density at radius 3 is 0.793 bits per heavy atom. The van der Waals surface area contributed by atoms with Gasteiger partial charge in [0.05, 0.1) is 59.9 Å². The minimum atomic E-state index is -0.576. The van der Waals surface area contributed by atoms with Crippen molar-refractivity contribution in [2.75, 3.05) is 0 Å². The highest BCUT2D eigenvalue weighted by Crippen LogP contribution is 2.59. The Bertz CT molecular complexity index is 5580. The summed E-state index contributed by atoms with van der Waals surface area (Å²) in [7, 11) is -0.0872. The minimum absolute atomic E-state index is 0.0146. The number of benzene rings is 12. The van der Waals surface area contributed by atoms with E-state index in [1.807, 2.05) is 66.7 Å². The molecule has 8 bridgehead atoms. The Kier molecular flexibility index (Phi) is 33.7. The number of hydrogen-bond acceptors (Lipinski definition) is 10. The second-order valence-corrected chi connectivity index (χ2v) is 48.1. The third kappa shape index (κ3) is 27.3. The standard InChI is InChI=1S/C29H36O4.C22H23S.C19H17S.C18H15S.C17H24O4.C16H25NO2/c1-17-2-24(26(30)32-28-11-18-4-19(12-28)6-20(5-18)13-28)10-25(3-17)27(31)33-29-14-21-7-22(15-29)9-23(8-21)16-29;1-22(2,3)18-14-16-21(17-15-18)23(19-10-6-4-7-11-19)20-12-8-5-9-13-20;1-16-12-14-19(15-13-16)20(17-8-4-2-5-9-17)18-10-6-3-7-11-18;1-4-10-16(11-5-1)19(17-12-6-2-7-13-17)18-14-8-3-9-15-18;1-11-8-12(14(18)20-16(2,3)4)10-13(9-11)15(19)21-17(5,6)7;1-9(2)13-8-14(10(3)4)16(17(18)19)15(11(5)6)12(13)7/h2-3,10,18-23H,4-9,11-16H2,1H3;4-17H,1-3H3;2-15H,1H3;1-15H;8-10H,1-7H3;8-11H,1-7H3/q;3*+1;;. The van der Waals surface area contributed by atoms with E-state index in [9.17, 15) is 29.3 Å². The van der Waals surface area contributed by atoms with E-state index in [0.717, 1.165) is 102 Å². The maximum Gasteiger partial charge on any atom is 0.338 e. The molecular weight excluding hydrogens is 1720 g/mol. The summed E-state index contributed by atoms with van der Waals surface area (Å²) in [6.45, 7) is 37.9. The summed E-state index contributed by atoms with van der Waals surface area (Å²) < 4.78 is 23.2. The van der Waals surface area contributed by atoms with Gasteiger partial charge in [0.1, 0.15) is 22.4 Å². The van der Waals surface area contributed by atoms with Crippen LogP contribution in [0.3, 0.4) is 0 Å². The lowest BCUT2D eigenvalue weighted by molar-refractivity contribution is -0.386. The fourth-order valence-electron chi connectivity index (χ4n) is 21.2. The number of nitro groups is 1. The van der Waals surface area contributed by atoms with Crippen LogP contribution in [0.2, 0.25) is 0 Å². The van der Waals surface area contributed by atoms with Crippen LogP contribution >= 0.6 is 0 Å². The average Bonchev–Trinajstić information content (AvgIpc) is 0.755. The van der Waals surface area contributed by atoms with Crippen LogP contribution in [0, 0.1) is 73.3 Å². The lowest BCUT2D eigenvalue weighted by Crippen LogP contribution is -2.52. The minimum Gasteiger partial charge on any atom is -0.456 e. The zero-order valence-corrected chi connectivity index (χ0v) is 85.3. The maximum absolute atomic E-state index is 13.3. The first kappa shape index (κ1) is 101. The van der Waals surface area contributed by atoms with E-state index >= 15 is 0 Å². The zero-order chi connectivity index (χ0) is 96.7. The van der Waals surface area contributed by atoms with E-state index in [4.69, 9.17) is 18.9 Å². The molecule has 704 valence electrons. The molecule has 0 N–H and O–H groups in total. The molecule has 8 fully saturated rings. The largest absolute Gasteiger partial charge is 0.456 e. The summed E-state index contributed by atoms with van der Waals surface area (Å²) in [5.41, 5.74) is 9.02. The van der Waals surface area contributed by atoms with Crippen molar-refractivity contribution in [3.8, 4) is 0 Å². The Balaban J connectivity index is 0.000000139. The van der Waals surface area contributed by atoms with Crippen LogP contribution in [0.4, 0.5) is 5.69 Å². The van der Waals surface area contributed by atoms with Gasteiger partial charge in [0.2, 0.25) is 0 Å². The lowest BCUT2D eigenvalue weighted by Gasteiger charge is -2.55. The molecule has 8 saturated carbocycles. The van der Waals surface area contributed by atoms with E-state index in [0.29, 0.717) is 33.9 Å². The quantitative estimate of drug-likeness (QED) is 0.0252. The summed E-state index contributed by atoms with van der Waals surface area (Å²) in [5.74, 6) is 3.67. The van der Waals surface area contributed by atoms with E-state index in [-0.39, 0.29) is 78.0 Å². The second-order valence-electron chi connectivity index (χ2n) is 42.0. The number of nitro benzene ring substituents is 1. The van der Waals surface area contributed by atoms with Crippen molar-refractivity contribution in [1.82, 2.24) is 0 Å². The number of carbonyl (C=O) groups is 4. The number of esters is 4. The molecule has 20 rings (SSSR count). The van der Waals surface area contributed by atoms with Crippen molar-refractivity contribution in [2.45, 2.75) is 298 Å². The summed E-state index contributed by atoms with van der Waals surface area (Å²) in [5, 5.41) is 11.5. The van der Waals surface area contributed by atoms with E-state index in [1.165, 1.54) is 105 Å². The fraction of sp³-hybridized carbons (Fsp3) is 0.372. The van der Waals surface area contributed by atoms with Crippen molar-refractivity contribution in [3.05, 3.63) is 380 Å². The van der Waals surface area contributed by atoms with Gasteiger partial charge in [-0.2, -0.15) is 0 Å². The molecule has 135 heavy (non-hydrogen) atoms. The number of nitrogens with zero attached hydrogens (tertiary/aromatic N) is 1. The number of rotatable bonds is 19. The Morgan fingerprint density at radius 2 is 0.563 bits per heavy atom. The predicted molar refractivity (Wildman–Crippen MR) is 553 cm³/mol. The number of aryl methyl sites for hydroxylation is 3. The first-order valence-corrected chi connectivity index (χ1v) is 52.2. The molecule has 0 unspecified atom stereocenters. The van der Waals surface area contributed by atoms with E-state index in [2.05, 4.69) is 302 Å². The van der Waals surface area contributed by atoms with Gasteiger partial charge in [0.25, 0.3) is 5.69 Å². The molecule has 0 aromatic heterocycles. The average molecular weight is 1860 g/mol. The number of hydrogen-bond donors (Lipinski definition) is 0. The highest BCUT2D eigenvalue weighted by molar-refractivity contribution is 7.97. The molecule has 0 radical (unpaired) electrons. The molecule has 8 aliphatic rings. The zero-order valence-electron chi connectivity index (χ0n) is 82.8.